The Morgan fingerprint density at radius 2 is 1.96 bits per heavy atom. The Morgan fingerprint density at radius 3 is 2.62 bits per heavy atom. The lowest BCUT2D eigenvalue weighted by Gasteiger charge is -2.31. The lowest BCUT2D eigenvalue weighted by molar-refractivity contribution is -0.125. The minimum Gasteiger partial charge on any atom is -0.350 e. The average molecular weight is 321 g/mol. The van der Waals surface area contributed by atoms with Crippen molar-refractivity contribution >= 4 is 22.5 Å². The lowest BCUT2D eigenvalue weighted by Crippen LogP contribution is -2.32. The molecule has 2 fully saturated rings. The highest BCUT2D eigenvalue weighted by Gasteiger charge is 2.64. The van der Waals surface area contributed by atoms with Gasteiger partial charge < -0.3 is 4.57 Å². The fourth-order valence-electron chi connectivity index (χ4n) is 4.85. The van der Waals surface area contributed by atoms with Gasteiger partial charge in [0.25, 0.3) is 0 Å². The number of allylic oxidation sites excluding steroid dienone is 2. The Balaban J connectivity index is 1.79. The van der Waals surface area contributed by atoms with Gasteiger partial charge >= 0.3 is 0 Å². The van der Waals surface area contributed by atoms with E-state index in [9.17, 15) is 9.59 Å². The summed E-state index contributed by atoms with van der Waals surface area (Å²) in [6.07, 6.45) is 5.43. The molecule has 2 aromatic rings. The van der Waals surface area contributed by atoms with E-state index in [-0.39, 0.29) is 28.3 Å². The summed E-state index contributed by atoms with van der Waals surface area (Å²) in [7, 11) is 1.94. The van der Waals surface area contributed by atoms with Crippen LogP contribution in [0, 0.1) is 16.7 Å². The molecule has 1 aromatic carbocycles. The van der Waals surface area contributed by atoms with Crippen molar-refractivity contribution in [3.63, 3.8) is 0 Å². The Labute approximate surface area is 142 Å². The highest BCUT2D eigenvalue weighted by molar-refractivity contribution is 6.17. The highest BCUT2D eigenvalue weighted by atomic mass is 16.1. The first-order valence-electron chi connectivity index (χ1n) is 8.62. The minimum absolute atomic E-state index is 0.0536. The predicted molar refractivity (Wildman–Crippen MR) is 95.0 cm³/mol. The Hall–Kier alpha value is -2.16. The molecule has 1 aromatic heterocycles. The van der Waals surface area contributed by atoms with E-state index < -0.39 is 0 Å². The van der Waals surface area contributed by atoms with Crippen molar-refractivity contribution in [1.29, 1.82) is 0 Å². The van der Waals surface area contributed by atoms with Crippen LogP contribution in [0.25, 0.3) is 10.9 Å². The maximum absolute atomic E-state index is 12.9. The van der Waals surface area contributed by atoms with Crippen LogP contribution in [-0.4, -0.2) is 16.1 Å². The Morgan fingerprint density at radius 1 is 1.25 bits per heavy atom. The predicted octanol–water partition coefficient (Wildman–Crippen LogP) is 4.31. The lowest BCUT2D eigenvalue weighted by atomic mass is 9.70. The van der Waals surface area contributed by atoms with Crippen molar-refractivity contribution in [3.8, 4) is 0 Å². The molecule has 0 amide bonds. The molecule has 0 spiro atoms. The molecule has 3 nitrogen and oxygen atoms in total. The number of para-hydroxylation sites is 1. The average Bonchev–Trinajstić information content (AvgIpc) is 3.05. The van der Waals surface area contributed by atoms with Crippen molar-refractivity contribution in [3.05, 3.63) is 47.7 Å². The highest BCUT2D eigenvalue weighted by Crippen LogP contribution is 2.65. The number of carbonyl (C=O) groups excluding carboxylic acids is 2. The van der Waals surface area contributed by atoms with Gasteiger partial charge in [0.2, 0.25) is 0 Å². The van der Waals surface area contributed by atoms with Crippen LogP contribution in [0.5, 0.6) is 0 Å². The molecule has 0 aliphatic heterocycles. The molecule has 0 unspecified atom stereocenters. The van der Waals surface area contributed by atoms with Gasteiger partial charge in [0.1, 0.15) is 0 Å². The number of nitrogens with zero attached hydrogens (tertiary/aromatic N) is 1. The third-order valence-electron chi connectivity index (χ3n) is 6.81. The summed E-state index contributed by atoms with van der Waals surface area (Å²) in [6.45, 7) is 6.41. The van der Waals surface area contributed by atoms with Crippen LogP contribution in [0.3, 0.4) is 0 Å². The van der Waals surface area contributed by atoms with Crippen molar-refractivity contribution < 1.29 is 9.59 Å². The van der Waals surface area contributed by atoms with Crippen LogP contribution < -0.4 is 0 Å². The van der Waals surface area contributed by atoms with Crippen molar-refractivity contribution in [2.45, 2.75) is 33.6 Å². The number of aromatic nitrogens is 1. The third-order valence-corrected chi connectivity index (χ3v) is 6.81. The van der Waals surface area contributed by atoms with Crippen molar-refractivity contribution in [2.75, 3.05) is 0 Å². The van der Waals surface area contributed by atoms with E-state index in [1.807, 2.05) is 42.1 Å². The normalized spacial score (nSPS) is 29.8. The molecule has 1 heterocycles. The second kappa shape index (κ2) is 4.69. The van der Waals surface area contributed by atoms with E-state index in [4.69, 9.17) is 0 Å². The zero-order chi connectivity index (χ0) is 17.3. The molecule has 2 atom stereocenters. The van der Waals surface area contributed by atoms with E-state index in [1.54, 1.807) is 6.08 Å². The van der Waals surface area contributed by atoms with Crippen LogP contribution in [-0.2, 0) is 11.8 Å². The molecule has 0 radical (unpaired) electrons. The number of hydrogen-bond donors (Lipinski definition) is 0. The summed E-state index contributed by atoms with van der Waals surface area (Å²) in [6, 6.07) is 7.89. The second-order valence-electron chi connectivity index (χ2n) is 8.11. The molecule has 2 aliphatic carbocycles. The smallest absolute Gasteiger partial charge is 0.188 e. The third kappa shape index (κ3) is 1.73. The van der Waals surface area contributed by atoms with E-state index in [1.165, 1.54) is 0 Å². The first-order valence-corrected chi connectivity index (χ1v) is 8.62. The number of aryl methyl sites for hydroxylation is 1. The van der Waals surface area contributed by atoms with E-state index >= 15 is 0 Å². The molecule has 4 rings (SSSR count). The SMILES string of the molecule is Cn1cc(C(=O)C=C2C(=O)[C@@]3(C)CC[C@@H]2C3(C)C)c2ccccc21. The van der Waals surface area contributed by atoms with Gasteiger partial charge in [0, 0.05) is 40.7 Å². The molecular weight excluding hydrogens is 298 g/mol. The Bertz CT molecular complexity index is 915. The zero-order valence-corrected chi connectivity index (χ0v) is 14.7. The largest absolute Gasteiger partial charge is 0.350 e. The van der Waals surface area contributed by atoms with E-state index in [0.29, 0.717) is 5.56 Å². The number of fused-ring (bicyclic) bond motifs is 3. The van der Waals surface area contributed by atoms with Gasteiger partial charge in [-0.1, -0.05) is 39.0 Å². The summed E-state index contributed by atoms with van der Waals surface area (Å²) in [5.41, 5.74) is 2.08. The van der Waals surface area contributed by atoms with Crippen LogP contribution in [0.15, 0.2) is 42.1 Å². The van der Waals surface area contributed by atoms with Gasteiger partial charge in [-0.2, -0.15) is 0 Å². The van der Waals surface area contributed by atoms with E-state index in [0.717, 1.165) is 29.3 Å². The summed E-state index contributed by atoms with van der Waals surface area (Å²) < 4.78 is 1.97. The molecule has 0 N–H and O–H groups in total. The van der Waals surface area contributed by atoms with Gasteiger partial charge in [0.15, 0.2) is 11.6 Å². The number of Topliss-reactive ketones (excluding diaryl/α,β-unsaturated/α-hetero) is 1. The minimum atomic E-state index is -0.317. The monoisotopic (exact) mass is 321 g/mol. The summed E-state index contributed by atoms with van der Waals surface area (Å²) >= 11 is 0. The van der Waals surface area contributed by atoms with Gasteiger partial charge in [0.05, 0.1) is 0 Å². The maximum atomic E-state index is 12.9. The first-order chi connectivity index (χ1) is 11.3. The fourth-order valence-corrected chi connectivity index (χ4v) is 4.85. The molecule has 124 valence electrons. The van der Waals surface area contributed by atoms with Gasteiger partial charge in [-0.15, -0.1) is 0 Å². The van der Waals surface area contributed by atoms with Crippen molar-refractivity contribution in [1.82, 2.24) is 4.57 Å². The van der Waals surface area contributed by atoms with Crippen molar-refractivity contribution in [2.24, 2.45) is 23.8 Å². The molecular formula is C21H23NO2. The fraction of sp³-hybridized carbons (Fsp3) is 0.429. The van der Waals surface area contributed by atoms with Crippen LogP contribution in [0.1, 0.15) is 44.0 Å². The van der Waals surface area contributed by atoms with Gasteiger partial charge in [-0.05, 0) is 36.3 Å². The number of carbonyl (C=O) groups is 2. The van der Waals surface area contributed by atoms with Crippen LogP contribution in [0.2, 0.25) is 0 Å². The summed E-state index contributed by atoms with van der Waals surface area (Å²) in [5.74, 6) is 0.327. The van der Waals surface area contributed by atoms with Crippen LogP contribution >= 0.6 is 0 Å². The van der Waals surface area contributed by atoms with Gasteiger partial charge in [-0.3, -0.25) is 9.59 Å². The van der Waals surface area contributed by atoms with Gasteiger partial charge in [-0.25, -0.2) is 0 Å². The topological polar surface area (TPSA) is 39.1 Å². The molecule has 24 heavy (non-hydrogen) atoms. The molecule has 2 aliphatic rings. The summed E-state index contributed by atoms with van der Waals surface area (Å²) in [5, 5.41) is 0.947. The molecule has 2 saturated carbocycles. The number of rotatable bonds is 2. The number of benzene rings is 1. The number of ketones is 2. The molecule has 0 saturated heterocycles. The standard InChI is InChI=1S/C21H23NO2/c1-20(2)16-9-10-21(20,3)19(24)14(16)11-18(23)15-12-22(4)17-8-6-5-7-13(15)17/h5-8,11-12,16H,9-10H2,1-4H3/t16-,21+/m0/s1. The summed E-state index contributed by atoms with van der Waals surface area (Å²) in [4.78, 5) is 25.8. The molecule has 2 bridgehead atoms. The maximum Gasteiger partial charge on any atom is 0.188 e. The van der Waals surface area contributed by atoms with Crippen LogP contribution in [0.4, 0.5) is 0 Å². The first kappa shape index (κ1) is 15.4. The molecule has 3 heteroatoms. The quantitative estimate of drug-likeness (QED) is 0.610. The number of hydrogen-bond acceptors (Lipinski definition) is 2. The zero-order valence-electron chi connectivity index (χ0n) is 14.7. The Kier molecular flexibility index (Phi) is 3.00. The second-order valence-corrected chi connectivity index (χ2v) is 8.11. The van der Waals surface area contributed by atoms with E-state index in [2.05, 4.69) is 20.8 Å².